The number of carbonyl (C=O) groups is 1. The molecule has 2 aliphatic rings. The standard InChI is InChI=1S/C15H26INO9/c1-5-10(17-6(2)20)14(11(21)8(4-19)24-5)26-15-13(23)12(22)9(16)7(3-18)25-15/h5,7-15,18-19,21-23H,3-4H2,1-2H3,(H,17,20). The first-order chi connectivity index (χ1) is 12.2. The van der Waals surface area contributed by atoms with Gasteiger partial charge in [0.1, 0.15) is 24.4 Å². The molecule has 10 unspecified atom stereocenters. The molecule has 0 spiro atoms. The van der Waals surface area contributed by atoms with E-state index in [9.17, 15) is 30.3 Å². The molecule has 26 heavy (non-hydrogen) atoms. The molecule has 0 saturated carbocycles. The fourth-order valence-electron chi connectivity index (χ4n) is 3.19. The van der Waals surface area contributed by atoms with Crippen LogP contribution in [0.4, 0.5) is 0 Å². The summed E-state index contributed by atoms with van der Waals surface area (Å²) in [4.78, 5) is 11.5. The normalized spacial score (nSPS) is 46.8. The zero-order valence-corrected chi connectivity index (χ0v) is 16.6. The van der Waals surface area contributed by atoms with E-state index in [0.29, 0.717) is 0 Å². The van der Waals surface area contributed by atoms with Crippen LogP contribution in [0.15, 0.2) is 0 Å². The summed E-state index contributed by atoms with van der Waals surface area (Å²) in [5.41, 5.74) is 0. The predicted octanol–water partition coefficient (Wildman–Crippen LogP) is -2.74. The molecule has 10 nitrogen and oxygen atoms in total. The van der Waals surface area contributed by atoms with Crippen molar-refractivity contribution in [3.63, 3.8) is 0 Å². The van der Waals surface area contributed by atoms with Gasteiger partial charge in [0.2, 0.25) is 5.91 Å². The van der Waals surface area contributed by atoms with Gasteiger partial charge in [-0.2, -0.15) is 0 Å². The number of hydrogen-bond acceptors (Lipinski definition) is 9. The lowest BCUT2D eigenvalue weighted by Crippen LogP contribution is -2.66. The number of rotatable bonds is 5. The number of ether oxygens (including phenoxy) is 3. The first-order valence-electron chi connectivity index (χ1n) is 8.34. The van der Waals surface area contributed by atoms with Crippen LogP contribution in [-0.4, -0.2) is 104 Å². The summed E-state index contributed by atoms with van der Waals surface area (Å²) >= 11 is 1.87. The highest BCUT2D eigenvalue weighted by molar-refractivity contribution is 14.1. The Kier molecular flexibility index (Phi) is 8.00. The van der Waals surface area contributed by atoms with Crippen LogP contribution in [-0.2, 0) is 19.0 Å². The lowest BCUT2D eigenvalue weighted by Gasteiger charge is -2.47. The summed E-state index contributed by atoms with van der Waals surface area (Å²) in [6.45, 7) is 2.09. The second kappa shape index (κ2) is 9.39. The third-order valence-electron chi connectivity index (χ3n) is 4.61. The Bertz CT molecular complexity index is 482. The van der Waals surface area contributed by atoms with Crippen LogP contribution in [0.5, 0.6) is 0 Å². The van der Waals surface area contributed by atoms with E-state index in [1.165, 1.54) is 6.92 Å². The van der Waals surface area contributed by atoms with E-state index in [2.05, 4.69) is 5.32 Å². The highest BCUT2D eigenvalue weighted by Crippen LogP contribution is 2.31. The number of aliphatic hydroxyl groups excluding tert-OH is 5. The predicted molar refractivity (Wildman–Crippen MR) is 95.5 cm³/mol. The average Bonchev–Trinajstić information content (AvgIpc) is 2.60. The largest absolute Gasteiger partial charge is 0.394 e. The van der Waals surface area contributed by atoms with Gasteiger partial charge in [0, 0.05) is 6.92 Å². The average molecular weight is 491 g/mol. The van der Waals surface area contributed by atoms with Crippen LogP contribution in [0, 0.1) is 0 Å². The van der Waals surface area contributed by atoms with E-state index in [0.717, 1.165) is 0 Å². The summed E-state index contributed by atoms with van der Waals surface area (Å²) in [5, 5.41) is 52.3. The number of carbonyl (C=O) groups excluding carboxylic acids is 1. The van der Waals surface area contributed by atoms with Crippen molar-refractivity contribution in [2.75, 3.05) is 13.2 Å². The number of alkyl halides is 1. The quantitative estimate of drug-likeness (QED) is 0.177. The summed E-state index contributed by atoms with van der Waals surface area (Å²) in [7, 11) is 0. The first kappa shape index (κ1) is 22.2. The van der Waals surface area contributed by atoms with Gasteiger partial charge in [-0.1, -0.05) is 22.6 Å². The summed E-state index contributed by atoms with van der Waals surface area (Å²) in [6, 6.07) is -0.775. The van der Waals surface area contributed by atoms with Gasteiger partial charge < -0.3 is 45.1 Å². The molecule has 2 fully saturated rings. The van der Waals surface area contributed by atoms with Gasteiger partial charge >= 0.3 is 0 Å². The Balaban J connectivity index is 2.21. The summed E-state index contributed by atoms with van der Waals surface area (Å²) in [6.07, 6.45) is -8.68. The maximum Gasteiger partial charge on any atom is 0.217 e. The fourth-order valence-corrected chi connectivity index (χ4v) is 4.01. The van der Waals surface area contributed by atoms with Crippen molar-refractivity contribution in [1.29, 1.82) is 0 Å². The van der Waals surface area contributed by atoms with Crippen molar-refractivity contribution in [2.45, 2.75) is 72.8 Å². The zero-order chi connectivity index (χ0) is 19.6. The molecule has 1 amide bonds. The molecule has 0 aromatic heterocycles. The minimum Gasteiger partial charge on any atom is -0.394 e. The van der Waals surface area contributed by atoms with Gasteiger partial charge in [0.25, 0.3) is 0 Å². The Morgan fingerprint density at radius 1 is 1.08 bits per heavy atom. The third kappa shape index (κ3) is 4.64. The topological polar surface area (TPSA) is 158 Å². The van der Waals surface area contributed by atoms with Gasteiger partial charge in [-0.05, 0) is 6.92 Å². The third-order valence-corrected chi connectivity index (χ3v) is 6.15. The number of halogens is 1. The lowest BCUT2D eigenvalue weighted by atomic mass is 9.92. The molecule has 0 aromatic carbocycles. The minimum atomic E-state index is -1.42. The van der Waals surface area contributed by atoms with Crippen molar-refractivity contribution in [3.8, 4) is 0 Å². The fraction of sp³-hybridized carbons (Fsp3) is 0.933. The smallest absolute Gasteiger partial charge is 0.217 e. The molecule has 152 valence electrons. The Morgan fingerprint density at radius 2 is 1.69 bits per heavy atom. The molecule has 2 aliphatic heterocycles. The molecular formula is C15H26INO9. The first-order valence-corrected chi connectivity index (χ1v) is 9.59. The van der Waals surface area contributed by atoms with Crippen molar-refractivity contribution in [2.24, 2.45) is 0 Å². The molecule has 0 aliphatic carbocycles. The highest BCUT2D eigenvalue weighted by Gasteiger charge is 2.49. The molecule has 0 aromatic rings. The molecule has 10 atom stereocenters. The van der Waals surface area contributed by atoms with E-state index in [-0.39, 0.29) is 5.91 Å². The van der Waals surface area contributed by atoms with Crippen LogP contribution in [0.3, 0.4) is 0 Å². The van der Waals surface area contributed by atoms with Crippen molar-refractivity contribution >= 4 is 28.5 Å². The van der Waals surface area contributed by atoms with E-state index < -0.39 is 72.2 Å². The van der Waals surface area contributed by atoms with Crippen LogP contribution < -0.4 is 5.32 Å². The molecule has 0 radical (unpaired) electrons. The lowest BCUT2D eigenvalue weighted by molar-refractivity contribution is -0.310. The molecule has 6 N–H and O–H groups in total. The van der Waals surface area contributed by atoms with E-state index in [1.54, 1.807) is 6.92 Å². The van der Waals surface area contributed by atoms with Gasteiger partial charge in [-0.3, -0.25) is 4.79 Å². The molecule has 2 rings (SSSR count). The Labute approximate surface area is 164 Å². The van der Waals surface area contributed by atoms with E-state index in [4.69, 9.17) is 14.2 Å². The zero-order valence-electron chi connectivity index (χ0n) is 14.4. The Morgan fingerprint density at radius 3 is 2.23 bits per heavy atom. The Hall–Kier alpha value is -0.120. The number of nitrogens with one attached hydrogen (secondary N) is 1. The van der Waals surface area contributed by atoms with Crippen LogP contribution in [0.25, 0.3) is 0 Å². The molecule has 2 saturated heterocycles. The maximum absolute atomic E-state index is 11.5. The van der Waals surface area contributed by atoms with Gasteiger partial charge in [0.05, 0.1) is 41.5 Å². The van der Waals surface area contributed by atoms with Crippen LogP contribution in [0.1, 0.15) is 13.8 Å². The monoisotopic (exact) mass is 491 g/mol. The number of amides is 1. The van der Waals surface area contributed by atoms with Crippen LogP contribution >= 0.6 is 22.6 Å². The molecular weight excluding hydrogens is 465 g/mol. The summed E-state index contributed by atoms with van der Waals surface area (Å²) < 4.78 is 16.2. The molecule has 2 heterocycles. The number of aliphatic hydroxyl groups is 5. The van der Waals surface area contributed by atoms with Gasteiger partial charge in [-0.25, -0.2) is 0 Å². The maximum atomic E-state index is 11.5. The second-order valence-electron chi connectivity index (χ2n) is 6.53. The van der Waals surface area contributed by atoms with Crippen molar-refractivity contribution in [3.05, 3.63) is 0 Å². The van der Waals surface area contributed by atoms with E-state index in [1.807, 2.05) is 22.6 Å². The molecule has 11 heteroatoms. The van der Waals surface area contributed by atoms with Crippen LogP contribution in [0.2, 0.25) is 0 Å². The van der Waals surface area contributed by atoms with Crippen molar-refractivity contribution < 1.29 is 44.5 Å². The minimum absolute atomic E-state index is 0.376. The second-order valence-corrected chi connectivity index (χ2v) is 7.97. The van der Waals surface area contributed by atoms with Gasteiger partial charge in [0.15, 0.2) is 6.29 Å². The van der Waals surface area contributed by atoms with Gasteiger partial charge in [-0.15, -0.1) is 0 Å². The summed E-state index contributed by atoms with van der Waals surface area (Å²) in [5.74, 6) is -0.376. The van der Waals surface area contributed by atoms with E-state index >= 15 is 0 Å². The number of hydrogen-bond donors (Lipinski definition) is 6. The SMILES string of the molecule is CC(=O)NC1C(C)OC(CO)C(O)C1OC1OC(CO)C(I)C(O)C1O. The van der Waals surface area contributed by atoms with Crippen molar-refractivity contribution in [1.82, 2.24) is 5.32 Å². The molecule has 0 bridgehead atoms. The highest BCUT2D eigenvalue weighted by atomic mass is 127.